The van der Waals surface area contributed by atoms with Gasteiger partial charge in [-0.3, -0.25) is 4.79 Å². The molecule has 1 unspecified atom stereocenters. The monoisotopic (exact) mass is 431 g/mol. The zero-order chi connectivity index (χ0) is 18.4. The van der Waals surface area contributed by atoms with Gasteiger partial charge in [0.05, 0.1) is 11.8 Å². The van der Waals surface area contributed by atoms with E-state index in [1.54, 1.807) is 11.8 Å². The number of hydrogen-bond donors (Lipinski definition) is 1. The molecule has 0 spiro atoms. The molecular weight excluding hydrogens is 406 g/mol. The number of nitrogens with one attached hydrogen (secondary N) is 1. The fourth-order valence-electron chi connectivity index (χ4n) is 3.47. The minimum absolute atomic E-state index is 0.114. The van der Waals surface area contributed by atoms with Crippen LogP contribution in [0, 0.1) is 0 Å². The summed E-state index contributed by atoms with van der Waals surface area (Å²) in [4.78, 5) is 12.4. The van der Waals surface area contributed by atoms with Crippen molar-refractivity contribution in [1.82, 2.24) is 5.32 Å². The summed E-state index contributed by atoms with van der Waals surface area (Å²) in [6.07, 6.45) is 5.88. The second-order valence-electron chi connectivity index (χ2n) is 6.88. The maximum atomic E-state index is 12.4. The van der Waals surface area contributed by atoms with Gasteiger partial charge in [-0.1, -0.05) is 53.2 Å². The topological polar surface area (TPSA) is 29.1 Å². The van der Waals surface area contributed by atoms with Gasteiger partial charge in [0.25, 0.3) is 0 Å². The normalized spacial score (nSPS) is 14.5. The zero-order valence-corrected chi connectivity index (χ0v) is 17.7. The van der Waals surface area contributed by atoms with Crippen LogP contribution in [-0.4, -0.2) is 11.7 Å². The number of thioether (sulfide) groups is 1. The molecule has 2 nitrogen and oxygen atoms in total. The lowest BCUT2D eigenvalue weighted by Crippen LogP contribution is -2.29. The third-order valence-corrected chi connectivity index (χ3v) is 6.47. The van der Waals surface area contributed by atoms with Crippen molar-refractivity contribution in [2.75, 3.05) is 5.75 Å². The molecule has 0 saturated heterocycles. The molecule has 1 atom stereocenters. The third kappa shape index (κ3) is 5.37. The highest BCUT2D eigenvalue weighted by atomic mass is 79.9. The number of carbonyl (C=O) groups excluding carboxylic acids is 1. The van der Waals surface area contributed by atoms with Crippen molar-refractivity contribution >= 4 is 33.6 Å². The van der Waals surface area contributed by atoms with Gasteiger partial charge in [0.1, 0.15) is 0 Å². The molecule has 0 aromatic heterocycles. The molecule has 2 aromatic rings. The quantitative estimate of drug-likeness (QED) is 0.597. The van der Waals surface area contributed by atoms with E-state index in [4.69, 9.17) is 0 Å². The maximum Gasteiger partial charge on any atom is 0.230 e. The smallest absolute Gasteiger partial charge is 0.230 e. The number of benzene rings is 2. The summed E-state index contributed by atoms with van der Waals surface area (Å²) < 4.78 is 1.08. The fourth-order valence-corrected chi connectivity index (χ4v) is 4.53. The van der Waals surface area contributed by atoms with Crippen LogP contribution in [0.3, 0.4) is 0 Å². The molecule has 1 N–H and O–H groups in total. The molecule has 1 amide bonds. The summed E-state index contributed by atoms with van der Waals surface area (Å²) >= 11 is 5.11. The van der Waals surface area contributed by atoms with Gasteiger partial charge in [-0.15, -0.1) is 11.8 Å². The van der Waals surface area contributed by atoms with E-state index in [1.165, 1.54) is 47.9 Å². The molecule has 138 valence electrons. The van der Waals surface area contributed by atoms with Crippen LogP contribution in [0.5, 0.6) is 0 Å². The van der Waals surface area contributed by atoms with Crippen molar-refractivity contribution in [2.45, 2.75) is 50.8 Å². The molecule has 2 aromatic carbocycles. The van der Waals surface area contributed by atoms with E-state index < -0.39 is 0 Å². The summed E-state index contributed by atoms with van der Waals surface area (Å²) in [6.45, 7) is 2.14. The highest BCUT2D eigenvalue weighted by molar-refractivity contribution is 9.10. The van der Waals surface area contributed by atoms with Crippen LogP contribution >= 0.6 is 27.7 Å². The molecule has 0 radical (unpaired) electrons. The lowest BCUT2D eigenvalue weighted by atomic mass is 9.89. The van der Waals surface area contributed by atoms with Crippen LogP contribution in [0.4, 0.5) is 0 Å². The Kier molecular flexibility index (Phi) is 7.21. The molecule has 26 heavy (non-hydrogen) atoms. The van der Waals surface area contributed by atoms with Gasteiger partial charge in [0.2, 0.25) is 5.91 Å². The Labute approximate surface area is 169 Å². The first-order valence-corrected chi connectivity index (χ1v) is 11.3. The number of aryl methyl sites for hydroxylation is 2. The number of hydrogen-bond acceptors (Lipinski definition) is 2. The number of fused-ring (bicyclic) bond motifs is 1. The largest absolute Gasteiger partial charge is 0.349 e. The average Bonchev–Trinajstić information content (AvgIpc) is 2.67. The Balaban J connectivity index is 1.52. The molecule has 1 aliphatic carbocycles. The summed E-state index contributed by atoms with van der Waals surface area (Å²) in [6, 6.07) is 15.2. The molecule has 0 saturated carbocycles. The molecule has 1 aliphatic rings. The standard InChI is InChI=1S/C22H26BrNOS/c1-2-21(19-10-9-17-5-3-4-6-18(17)13-19)24-22(25)15-26-14-16-7-11-20(23)12-8-16/h7-13,21H,2-6,14-15H2,1H3,(H,24,25). The van der Waals surface area contributed by atoms with Crippen LogP contribution in [0.15, 0.2) is 46.9 Å². The molecule has 4 heteroatoms. The fraction of sp³-hybridized carbons (Fsp3) is 0.409. The van der Waals surface area contributed by atoms with Gasteiger partial charge < -0.3 is 5.32 Å². The Bertz CT molecular complexity index is 744. The first-order chi connectivity index (χ1) is 12.7. The van der Waals surface area contributed by atoms with Gasteiger partial charge in [-0.25, -0.2) is 0 Å². The minimum Gasteiger partial charge on any atom is -0.349 e. The average molecular weight is 432 g/mol. The number of amides is 1. The summed E-state index contributed by atoms with van der Waals surface area (Å²) in [5, 5.41) is 3.22. The SMILES string of the molecule is CCC(NC(=O)CSCc1ccc(Br)cc1)c1ccc2c(c1)CCCC2. The van der Waals surface area contributed by atoms with Gasteiger partial charge in [0.15, 0.2) is 0 Å². The summed E-state index contributed by atoms with van der Waals surface area (Å²) in [5.74, 6) is 1.48. The second-order valence-corrected chi connectivity index (χ2v) is 8.78. The number of rotatable bonds is 7. The zero-order valence-electron chi connectivity index (χ0n) is 15.3. The highest BCUT2D eigenvalue weighted by Gasteiger charge is 2.16. The van der Waals surface area contributed by atoms with Crippen molar-refractivity contribution in [3.8, 4) is 0 Å². The third-order valence-electron chi connectivity index (χ3n) is 4.93. The number of halogens is 1. The molecule has 0 heterocycles. The predicted octanol–water partition coefficient (Wildman–Crippen LogP) is 5.83. The predicted molar refractivity (Wildman–Crippen MR) is 115 cm³/mol. The van der Waals surface area contributed by atoms with Crippen LogP contribution in [0.2, 0.25) is 0 Å². The van der Waals surface area contributed by atoms with Crippen LogP contribution in [0.1, 0.15) is 54.5 Å². The van der Waals surface area contributed by atoms with E-state index in [2.05, 4.69) is 58.5 Å². The molecule has 3 rings (SSSR count). The first-order valence-electron chi connectivity index (χ1n) is 9.39. The summed E-state index contributed by atoms with van der Waals surface area (Å²) in [7, 11) is 0. The van der Waals surface area contributed by atoms with Gasteiger partial charge in [-0.2, -0.15) is 0 Å². The van der Waals surface area contributed by atoms with Crippen LogP contribution in [-0.2, 0) is 23.4 Å². The van der Waals surface area contributed by atoms with Crippen molar-refractivity contribution in [3.63, 3.8) is 0 Å². The van der Waals surface area contributed by atoms with Crippen molar-refractivity contribution in [2.24, 2.45) is 0 Å². The Morgan fingerprint density at radius 1 is 1.12 bits per heavy atom. The van der Waals surface area contributed by atoms with Gasteiger partial charge in [0, 0.05) is 10.2 Å². The minimum atomic E-state index is 0.114. The van der Waals surface area contributed by atoms with E-state index in [1.807, 2.05) is 12.1 Å². The maximum absolute atomic E-state index is 12.4. The van der Waals surface area contributed by atoms with E-state index in [-0.39, 0.29) is 11.9 Å². The Morgan fingerprint density at radius 3 is 2.58 bits per heavy atom. The molecule has 0 bridgehead atoms. The van der Waals surface area contributed by atoms with Crippen molar-refractivity contribution in [3.05, 3.63) is 69.2 Å². The molecule has 0 aliphatic heterocycles. The Hall–Kier alpha value is -1.26. The lowest BCUT2D eigenvalue weighted by Gasteiger charge is -2.21. The van der Waals surface area contributed by atoms with Crippen LogP contribution in [0.25, 0.3) is 0 Å². The summed E-state index contributed by atoms with van der Waals surface area (Å²) in [5.41, 5.74) is 5.46. The lowest BCUT2D eigenvalue weighted by molar-refractivity contribution is -0.119. The molecular formula is C22H26BrNOS. The van der Waals surface area contributed by atoms with Crippen molar-refractivity contribution < 1.29 is 4.79 Å². The van der Waals surface area contributed by atoms with E-state index in [0.29, 0.717) is 5.75 Å². The number of carbonyl (C=O) groups is 1. The van der Waals surface area contributed by atoms with Gasteiger partial charge in [-0.05, 0) is 66.5 Å². The van der Waals surface area contributed by atoms with Crippen LogP contribution < -0.4 is 5.32 Å². The van der Waals surface area contributed by atoms with E-state index in [0.717, 1.165) is 16.6 Å². The molecule has 0 fully saturated rings. The van der Waals surface area contributed by atoms with Gasteiger partial charge >= 0.3 is 0 Å². The Morgan fingerprint density at radius 2 is 1.85 bits per heavy atom. The van der Waals surface area contributed by atoms with Crippen molar-refractivity contribution in [1.29, 1.82) is 0 Å². The van der Waals surface area contributed by atoms with E-state index >= 15 is 0 Å². The second kappa shape index (κ2) is 9.61. The highest BCUT2D eigenvalue weighted by Crippen LogP contribution is 2.26. The first kappa shape index (κ1) is 19.5. The van der Waals surface area contributed by atoms with E-state index in [9.17, 15) is 4.79 Å².